The lowest BCUT2D eigenvalue weighted by atomic mass is 10.0. The lowest BCUT2D eigenvalue weighted by molar-refractivity contribution is -0.144. The van der Waals surface area contributed by atoms with Gasteiger partial charge < -0.3 is 29.5 Å². The highest BCUT2D eigenvalue weighted by molar-refractivity contribution is 7.14. The Kier molecular flexibility index (Phi) is 17.8. The molecule has 4 atom stereocenters. The highest BCUT2D eigenvalue weighted by Crippen LogP contribution is 2.40. The summed E-state index contributed by atoms with van der Waals surface area (Å²) in [5.41, 5.74) is -1.56. The molecule has 18 nitrogen and oxygen atoms in total. The maximum Gasteiger partial charge on any atom is 0.433 e. The molecule has 2 amide bonds. The van der Waals surface area contributed by atoms with Gasteiger partial charge in [-0.25, -0.2) is 19.0 Å². The number of fused-ring (bicyclic) bond motifs is 2. The number of hydrogen-bond acceptors (Lipinski definition) is 16. The highest BCUT2D eigenvalue weighted by atomic mass is 32.1. The molecule has 0 aliphatic carbocycles. The van der Waals surface area contributed by atoms with E-state index in [0.29, 0.717) is 67.6 Å². The van der Waals surface area contributed by atoms with E-state index >= 15 is 0 Å². The second-order valence-corrected chi connectivity index (χ2v) is 22.7. The minimum atomic E-state index is -4.75. The molecule has 8 heterocycles. The van der Waals surface area contributed by atoms with Crippen molar-refractivity contribution in [2.24, 2.45) is 0 Å². The van der Waals surface area contributed by atoms with Crippen molar-refractivity contribution in [2.45, 2.75) is 78.1 Å². The summed E-state index contributed by atoms with van der Waals surface area (Å²) < 4.78 is 97.6. The van der Waals surface area contributed by atoms with Crippen LogP contribution in [0.1, 0.15) is 112 Å². The number of carbonyl (C=O) groups is 4. The molecule has 2 N–H and O–H groups in total. The zero-order valence-electron chi connectivity index (χ0n) is 46.9. The van der Waals surface area contributed by atoms with Gasteiger partial charge in [-0.3, -0.25) is 29.0 Å². The van der Waals surface area contributed by atoms with Gasteiger partial charge in [0, 0.05) is 83.4 Å². The van der Waals surface area contributed by atoms with Crippen LogP contribution in [-0.2, 0) is 12.4 Å². The van der Waals surface area contributed by atoms with E-state index in [1.54, 1.807) is 70.5 Å². The molecule has 0 spiro atoms. The van der Waals surface area contributed by atoms with Crippen molar-refractivity contribution in [3.8, 4) is 34.0 Å². The summed E-state index contributed by atoms with van der Waals surface area (Å²) in [6, 6.07) is 18.8. The molecule has 0 radical (unpaired) electrons. The summed E-state index contributed by atoms with van der Waals surface area (Å²) in [6.07, 6.45) is -7.22. The zero-order chi connectivity index (χ0) is 60.7. The number of nitrogens with zero attached hydrogens (tertiary/aromatic N) is 10. The van der Waals surface area contributed by atoms with Gasteiger partial charge in [-0.05, 0) is 114 Å². The van der Waals surface area contributed by atoms with Gasteiger partial charge in [0.2, 0.25) is 0 Å². The maximum atomic E-state index is 14.3. The number of Topliss-reactive ketones (excluding diaryl/α,β-unsaturated/α-hetero) is 2. The van der Waals surface area contributed by atoms with Crippen molar-refractivity contribution in [1.82, 2.24) is 48.8 Å². The van der Waals surface area contributed by atoms with E-state index in [0.717, 1.165) is 22.1 Å². The quantitative estimate of drug-likeness (QED) is 0.0770. The number of aliphatic hydroxyl groups excluding tert-OH is 2. The smallest absolute Gasteiger partial charge is 0.433 e. The predicted molar refractivity (Wildman–Crippen MR) is 302 cm³/mol. The van der Waals surface area contributed by atoms with E-state index in [4.69, 9.17) is 9.47 Å². The number of hydrogen-bond donors (Lipinski definition) is 2. The molecule has 2 fully saturated rings. The van der Waals surface area contributed by atoms with Crippen LogP contribution in [0.15, 0.2) is 85.2 Å². The monoisotopic (exact) mass is 1200 g/mol. The Bertz CT molecular complexity index is 3510. The molecule has 2 aromatic carbocycles. The zero-order valence-corrected chi connectivity index (χ0v) is 48.6. The second-order valence-electron chi connectivity index (χ2n) is 20.5. The molecular formula is C58H60F6N10O8S2. The van der Waals surface area contributed by atoms with Crippen LogP contribution in [0.3, 0.4) is 0 Å². The molecule has 444 valence electrons. The molecule has 2 aliphatic rings. The van der Waals surface area contributed by atoms with Crippen molar-refractivity contribution in [3.05, 3.63) is 138 Å². The Hall–Kier alpha value is -7.62. The van der Waals surface area contributed by atoms with Gasteiger partial charge in [-0.15, -0.1) is 22.7 Å². The molecule has 84 heavy (non-hydrogen) atoms. The Balaban J connectivity index is 0.000000202. The fourth-order valence-corrected chi connectivity index (χ4v) is 12.9. The van der Waals surface area contributed by atoms with Crippen LogP contribution in [0, 0.1) is 13.8 Å². The first-order valence-corrected chi connectivity index (χ1v) is 28.2. The molecule has 26 heteroatoms. The number of methoxy groups -OCH3 is 2. The minimum Gasteiger partial charge on any atom is -0.497 e. The van der Waals surface area contributed by atoms with Gasteiger partial charge in [-0.2, -0.15) is 36.5 Å². The van der Waals surface area contributed by atoms with Crippen LogP contribution in [0.5, 0.6) is 11.5 Å². The largest absolute Gasteiger partial charge is 0.497 e. The number of ketones is 2. The number of thiophene rings is 2. The number of alkyl halides is 6. The highest BCUT2D eigenvalue weighted by Gasteiger charge is 2.42. The number of benzene rings is 2. The SMILES string of the molecule is COc1ccc(-c2nc3c(C(=O)N4CCN([C@@H](CO)c5ccc(C(C)=O)s5)C[C@H]4C)cnn3c(C(F)(F)F)c2C)cc1.COc1ccc(-c2nc3c(C(=O)N4CCN([C@H](CO)c5ccc(C(C)=O)s5)C[C@H]4C)cnn3c(C(F)(F)F)c2C)cc1. The average Bonchev–Trinajstić information content (AvgIpc) is 2.72. The van der Waals surface area contributed by atoms with E-state index in [1.807, 2.05) is 35.8 Å². The third kappa shape index (κ3) is 12.0. The Morgan fingerprint density at radius 1 is 0.583 bits per heavy atom. The third-order valence-corrected chi connectivity index (χ3v) is 17.7. The van der Waals surface area contributed by atoms with Gasteiger partial charge >= 0.3 is 12.4 Å². The molecule has 10 rings (SSSR count). The predicted octanol–water partition coefficient (Wildman–Crippen LogP) is 9.75. The van der Waals surface area contributed by atoms with Crippen molar-refractivity contribution < 1.29 is 65.2 Å². The van der Waals surface area contributed by atoms with Crippen LogP contribution < -0.4 is 9.47 Å². The molecule has 6 aromatic heterocycles. The average molecular weight is 1200 g/mol. The van der Waals surface area contributed by atoms with Crippen molar-refractivity contribution >= 4 is 57.3 Å². The fourth-order valence-electron chi connectivity index (χ4n) is 10.8. The van der Waals surface area contributed by atoms with Crippen LogP contribution in [-0.4, -0.2) is 161 Å². The number of ether oxygens (including phenoxy) is 2. The number of aromatic nitrogens is 6. The van der Waals surface area contributed by atoms with Crippen molar-refractivity contribution in [1.29, 1.82) is 0 Å². The number of rotatable bonds is 14. The first kappa shape index (κ1) is 61.0. The standard InChI is InChI=1S/2C29H30F3N5O4S/c2*1-16-14-35(22(15-38)24-10-9-23(42-24)18(3)39)11-12-36(16)28(40)21-13-33-37-26(29(30,31)32)17(2)25(34-27(21)37)19-5-7-20(41-4)8-6-19/h2*5-10,13,16,22,38H,11-12,14-15H2,1-4H3/t16-,22+;16-,22-/m11/s1. The molecule has 2 aliphatic heterocycles. The van der Waals surface area contributed by atoms with E-state index in [9.17, 15) is 55.7 Å². The molecular weight excluding hydrogens is 1140 g/mol. The molecule has 0 bridgehead atoms. The van der Waals surface area contributed by atoms with Crippen LogP contribution in [0.4, 0.5) is 26.3 Å². The van der Waals surface area contributed by atoms with Gasteiger partial charge in [-0.1, -0.05) is 0 Å². The summed E-state index contributed by atoms with van der Waals surface area (Å²) in [4.78, 5) is 70.3. The third-order valence-electron chi connectivity index (χ3n) is 15.2. The van der Waals surface area contributed by atoms with E-state index < -0.39 is 35.6 Å². The van der Waals surface area contributed by atoms with Gasteiger partial charge in [0.1, 0.15) is 22.6 Å². The number of carbonyl (C=O) groups excluding carboxylic acids is 4. The summed E-state index contributed by atoms with van der Waals surface area (Å²) in [7, 11) is 2.99. The normalized spacial score (nSPS) is 17.0. The first-order chi connectivity index (χ1) is 39.9. The minimum absolute atomic E-state index is 0.0290. The lowest BCUT2D eigenvalue weighted by Crippen LogP contribution is -2.55. The topological polar surface area (TPSA) is 201 Å². The molecule has 2 saturated heterocycles. The fraction of sp³-hybridized carbons (Fsp3) is 0.379. The van der Waals surface area contributed by atoms with Gasteiger partial charge in [0.25, 0.3) is 11.8 Å². The molecule has 0 saturated carbocycles. The number of amides is 2. The van der Waals surface area contributed by atoms with Crippen LogP contribution in [0.2, 0.25) is 0 Å². The number of halogens is 6. The molecule has 0 unspecified atom stereocenters. The summed E-state index contributed by atoms with van der Waals surface area (Å²) in [6.45, 7) is 11.3. The van der Waals surface area contributed by atoms with E-state index in [2.05, 4.69) is 20.2 Å². The Morgan fingerprint density at radius 3 is 1.23 bits per heavy atom. The Morgan fingerprint density at radius 2 is 0.940 bits per heavy atom. The first-order valence-electron chi connectivity index (χ1n) is 26.6. The van der Waals surface area contributed by atoms with Crippen molar-refractivity contribution in [3.63, 3.8) is 0 Å². The van der Waals surface area contributed by atoms with E-state index in [1.165, 1.54) is 64.6 Å². The number of piperazine rings is 2. The van der Waals surface area contributed by atoms with Gasteiger partial charge in [0.05, 0.1) is 73.1 Å². The number of aliphatic hydroxyl groups is 2. The van der Waals surface area contributed by atoms with E-state index in [-0.39, 0.29) is 107 Å². The van der Waals surface area contributed by atoms with Crippen molar-refractivity contribution in [2.75, 3.05) is 66.7 Å². The second kappa shape index (κ2) is 24.5. The molecule has 8 aromatic rings. The summed E-state index contributed by atoms with van der Waals surface area (Å²) in [5, 5.41) is 28.2. The Labute approximate surface area is 486 Å². The lowest BCUT2D eigenvalue weighted by Gasteiger charge is -2.42. The van der Waals surface area contributed by atoms with Crippen LogP contribution in [0.25, 0.3) is 33.8 Å². The summed E-state index contributed by atoms with van der Waals surface area (Å²) >= 11 is 2.66. The summed E-state index contributed by atoms with van der Waals surface area (Å²) in [5.74, 6) is 0.0450. The van der Waals surface area contributed by atoms with Gasteiger partial charge in [0.15, 0.2) is 34.2 Å². The van der Waals surface area contributed by atoms with Crippen LogP contribution >= 0.6 is 22.7 Å². The maximum absolute atomic E-state index is 14.3.